The van der Waals surface area contributed by atoms with E-state index >= 15 is 0 Å². The molecule has 0 bridgehead atoms. The molecule has 2 nitrogen and oxygen atoms in total. The number of benzene rings is 1. The summed E-state index contributed by atoms with van der Waals surface area (Å²) in [7, 11) is 1.51. The first kappa shape index (κ1) is 17.4. The van der Waals surface area contributed by atoms with Crippen LogP contribution in [0.2, 0.25) is 0 Å². The molecule has 1 aliphatic heterocycles. The van der Waals surface area contributed by atoms with E-state index in [-0.39, 0.29) is 38.5 Å². The van der Waals surface area contributed by atoms with Gasteiger partial charge in [-0.2, -0.15) is 23.8 Å². The Kier molecular flexibility index (Phi) is 6.44. The third-order valence-corrected chi connectivity index (χ3v) is 3.28. The summed E-state index contributed by atoms with van der Waals surface area (Å²) in [5.41, 5.74) is 1.57. The first-order chi connectivity index (χ1) is 9.10. The van der Waals surface area contributed by atoms with Gasteiger partial charge < -0.3 is 9.64 Å². The summed E-state index contributed by atoms with van der Waals surface area (Å²) in [6.07, 6.45) is 4.59. The van der Waals surface area contributed by atoms with Crippen molar-refractivity contribution < 1.29 is 41.8 Å². The molecule has 103 valence electrons. The Morgan fingerprint density at radius 2 is 2.15 bits per heavy atom. The minimum atomic E-state index is -0.362. The van der Waals surface area contributed by atoms with Crippen molar-refractivity contribution in [3.8, 4) is 5.75 Å². The van der Waals surface area contributed by atoms with E-state index in [2.05, 4.69) is 12.7 Å². The van der Waals surface area contributed by atoms with Crippen LogP contribution in [0.4, 0.5) is 4.39 Å². The van der Waals surface area contributed by atoms with E-state index in [1.807, 2.05) is 11.8 Å². The standard InChI is InChI=1S/C15H14ClFNO.Y/c1-4-18-10(2)11(16)8-9-13(18)15-12(17)6-5-7-14(15)19-3;/h5-8H,2,4H2,1,3H3;/q-1;. The Balaban J connectivity index is 0.00000200. The van der Waals surface area contributed by atoms with Gasteiger partial charge in [-0.25, -0.2) is 4.39 Å². The number of ether oxygens (including phenoxy) is 1. The molecule has 0 atom stereocenters. The third kappa shape index (κ3) is 3.16. The third-order valence-electron chi connectivity index (χ3n) is 2.96. The fraction of sp³-hybridized carbons (Fsp3) is 0.200. The number of hydrogen-bond donors (Lipinski definition) is 0. The van der Waals surface area contributed by atoms with Gasteiger partial charge >= 0.3 is 0 Å². The molecule has 0 saturated heterocycles. The normalized spacial score (nSPS) is 14.4. The topological polar surface area (TPSA) is 12.5 Å². The molecule has 0 spiro atoms. The van der Waals surface area contributed by atoms with E-state index < -0.39 is 0 Å². The molecule has 0 saturated carbocycles. The Labute approximate surface area is 148 Å². The Morgan fingerprint density at radius 1 is 1.45 bits per heavy atom. The fourth-order valence-corrected chi connectivity index (χ4v) is 2.17. The van der Waals surface area contributed by atoms with Crippen molar-refractivity contribution in [2.24, 2.45) is 0 Å². The Bertz CT molecular complexity index is 583. The van der Waals surface area contributed by atoms with Crippen LogP contribution in [-0.4, -0.2) is 18.6 Å². The van der Waals surface area contributed by atoms with Crippen LogP contribution in [0, 0.1) is 11.9 Å². The Hall–Kier alpha value is -0.636. The maximum absolute atomic E-state index is 14.1. The SMILES string of the molecule is C=C1C(Cl)=C[C-]=C(c2c(F)cccc2OC)N1CC.[Y]. The second-order valence-electron chi connectivity index (χ2n) is 3.99. The van der Waals surface area contributed by atoms with Gasteiger partial charge in [0, 0.05) is 39.3 Å². The largest absolute Gasteiger partial charge is 0.509 e. The summed E-state index contributed by atoms with van der Waals surface area (Å²) in [4.78, 5) is 1.81. The molecule has 1 aromatic rings. The van der Waals surface area contributed by atoms with Gasteiger partial charge in [-0.3, -0.25) is 0 Å². The van der Waals surface area contributed by atoms with Crippen molar-refractivity contribution in [3.05, 3.63) is 59.0 Å². The van der Waals surface area contributed by atoms with Crippen LogP contribution in [0.5, 0.6) is 5.75 Å². The number of methoxy groups -OCH3 is 1. The van der Waals surface area contributed by atoms with Gasteiger partial charge in [0.1, 0.15) is 0 Å². The average Bonchev–Trinajstić information content (AvgIpc) is 2.41. The zero-order valence-corrected chi connectivity index (χ0v) is 15.0. The number of allylic oxidation sites excluding steroid dienone is 3. The second-order valence-corrected chi connectivity index (χ2v) is 4.40. The predicted molar refractivity (Wildman–Crippen MR) is 75.1 cm³/mol. The molecule has 2 rings (SSSR count). The van der Waals surface area contributed by atoms with Crippen molar-refractivity contribution in [3.63, 3.8) is 0 Å². The van der Waals surface area contributed by atoms with Crippen LogP contribution in [-0.2, 0) is 32.7 Å². The first-order valence-electron chi connectivity index (χ1n) is 5.89. The zero-order valence-electron chi connectivity index (χ0n) is 11.4. The number of halogens is 2. The zero-order chi connectivity index (χ0) is 14.0. The van der Waals surface area contributed by atoms with Gasteiger partial charge in [0.05, 0.1) is 18.7 Å². The molecular weight excluding hydrogens is 354 g/mol. The maximum atomic E-state index is 14.1. The molecule has 1 aromatic carbocycles. The van der Waals surface area contributed by atoms with Crippen molar-refractivity contribution in [1.82, 2.24) is 4.90 Å². The van der Waals surface area contributed by atoms with Crippen LogP contribution in [0.3, 0.4) is 0 Å². The van der Waals surface area contributed by atoms with Crippen LogP contribution >= 0.6 is 11.6 Å². The van der Waals surface area contributed by atoms with Crippen molar-refractivity contribution in [2.45, 2.75) is 6.92 Å². The molecule has 0 N–H and O–H groups in total. The van der Waals surface area contributed by atoms with Crippen LogP contribution in [0.15, 0.2) is 41.6 Å². The monoisotopic (exact) mass is 367 g/mol. The molecule has 1 aliphatic rings. The molecule has 0 amide bonds. The smallest absolute Gasteiger partial charge is 0.0817 e. The maximum Gasteiger partial charge on any atom is 0.0817 e. The van der Waals surface area contributed by atoms with E-state index in [1.165, 1.54) is 13.2 Å². The van der Waals surface area contributed by atoms with Crippen LogP contribution in [0.1, 0.15) is 12.5 Å². The molecular formula is C15H14ClFNOY-. The summed E-state index contributed by atoms with van der Waals surface area (Å²) < 4.78 is 19.3. The minimum Gasteiger partial charge on any atom is -0.509 e. The summed E-state index contributed by atoms with van der Waals surface area (Å²) in [6, 6.07) is 4.71. The number of likely N-dealkylation sites (N-methyl/N-ethyl adjacent to an activating group) is 1. The van der Waals surface area contributed by atoms with Gasteiger partial charge in [-0.15, -0.1) is 0 Å². The van der Waals surface area contributed by atoms with Crippen LogP contribution < -0.4 is 4.74 Å². The van der Waals surface area contributed by atoms with Crippen molar-refractivity contribution in [1.29, 1.82) is 0 Å². The number of hydrogen-bond acceptors (Lipinski definition) is 2. The number of nitrogens with zero attached hydrogens (tertiary/aromatic N) is 1. The minimum absolute atomic E-state index is 0. The Morgan fingerprint density at radius 3 is 2.75 bits per heavy atom. The second kappa shape index (κ2) is 7.39. The molecule has 0 unspecified atom stereocenters. The van der Waals surface area contributed by atoms with Crippen molar-refractivity contribution in [2.75, 3.05) is 13.7 Å². The summed E-state index contributed by atoms with van der Waals surface area (Å²) >= 11 is 6.03. The van der Waals surface area contributed by atoms with E-state index in [1.54, 1.807) is 18.2 Å². The predicted octanol–water partition coefficient (Wildman–Crippen LogP) is 3.95. The summed E-state index contributed by atoms with van der Waals surface area (Å²) in [6.45, 7) is 6.46. The first-order valence-corrected chi connectivity index (χ1v) is 6.26. The van der Waals surface area contributed by atoms with Crippen LogP contribution in [0.25, 0.3) is 5.70 Å². The van der Waals surface area contributed by atoms with E-state index in [9.17, 15) is 4.39 Å². The van der Waals surface area contributed by atoms with Gasteiger partial charge in [-0.05, 0) is 35.3 Å². The van der Waals surface area contributed by atoms with E-state index in [4.69, 9.17) is 16.3 Å². The fourth-order valence-electron chi connectivity index (χ4n) is 2.02. The van der Waals surface area contributed by atoms with Crippen molar-refractivity contribution >= 4 is 17.3 Å². The van der Waals surface area contributed by atoms with Gasteiger partial charge in [-0.1, -0.05) is 18.3 Å². The summed E-state index contributed by atoms with van der Waals surface area (Å²) in [5.74, 6) is 0.0969. The van der Waals surface area contributed by atoms with Gasteiger partial charge in [0.15, 0.2) is 0 Å². The summed E-state index contributed by atoms with van der Waals surface area (Å²) in [5, 5.41) is 0.501. The number of rotatable bonds is 3. The quantitative estimate of drug-likeness (QED) is 0.750. The van der Waals surface area contributed by atoms with E-state index in [0.717, 1.165) is 0 Å². The average molecular weight is 368 g/mol. The van der Waals surface area contributed by atoms with Gasteiger partial charge in [0.25, 0.3) is 0 Å². The molecule has 5 heteroatoms. The van der Waals surface area contributed by atoms with Gasteiger partial charge in [0.2, 0.25) is 0 Å². The molecule has 1 radical (unpaired) electrons. The molecule has 1 heterocycles. The van der Waals surface area contributed by atoms with E-state index in [0.29, 0.717) is 34.3 Å². The molecule has 20 heavy (non-hydrogen) atoms. The molecule has 0 aromatic heterocycles. The molecule has 0 aliphatic carbocycles. The molecule has 0 fully saturated rings.